The van der Waals surface area contributed by atoms with Crippen LogP contribution in [0.15, 0.2) is 45.5 Å². The topological polar surface area (TPSA) is 110 Å². The molecule has 0 atom stereocenters. The molecule has 0 aliphatic rings. The minimum Gasteiger partial charge on any atom is -0.469 e. The van der Waals surface area contributed by atoms with Crippen molar-refractivity contribution in [2.45, 2.75) is 19.8 Å². The fourth-order valence-electron chi connectivity index (χ4n) is 2.17. The number of benzene rings is 1. The van der Waals surface area contributed by atoms with Crippen LogP contribution >= 0.6 is 11.6 Å². The van der Waals surface area contributed by atoms with Gasteiger partial charge in [0.05, 0.1) is 11.8 Å². The van der Waals surface area contributed by atoms with Crippen LogP contribution in [-0.2, 0) is 11.2 Å². The molecule has 2 heterocycles. The highest BCUT2D eigenvalue weighted by molar-refractivity contribution is 6.30. The van der Waals surface area contributed by atoms with Gasteiger partial charge in [0, 0.05) is 23.4 Å². The molecule has 3 aromatic rings. The molecule has 8 nitrogen and oxygen atoms in total. The Labute approximate surface area is 153 Å². The molecule has 0 bridgehead atoms. The summed E-state index contributed by atoms with van der Waals surface area (Å²) < 4.78 is 10.2. The Morgan fingerprint density at radius 1 is 1.15 bits per heavy atom. The second-order valence-corrected chi connectivity index (χ2v) is 5.85. The molecule has 0 spiro atoms. The van der Waals surface area contributed by atoms with Gasteiger partial charge in [-0.05, 0) is 37.3 Å². The quantitative estimate of drug-likeness (QED) is 0.664. The van der Waals surface area contributed by atoms with Crippen LogP contribution in [0.1, 0.15) is 28.4 Å². The number of hydrazine groups is 1. The van der Waals surface area contributed by atoms with E-state index in [1.807, 2.05) is 0 Å². The Hall–Kier alpha value is -3.13. The first-order valence-electron chi connectivity index (χ1n) is 7.75. The number of hydrogen-bond acceptors (Lipinski definition) is 6. The van der Waals surface area contributed by atoms with Gasteiger partial charge in [-0.25, -0.2) is 0 Å². The lowest BCUT2D eigenvalue weighted by molar-refractivity contribution is -0.121. The summed E-state index contributed by atoms with van der Waals surface area (Å²) in [7, 11) is 0. The first-order chi connectivity index (χ1) is 12.5. The molecule has 0 radical (unpaired) electrons. The fourth-order valence-corrected chi connectivity index (χ4v) is 2.30. The maximum atomic E-state index is 11.9. The predicted molar refractivity (Wildman–Crippen MR) is 92.1 cm³/mol. The fraction of sp³-hybridized carbons (Fsp3) is 0.176. The molecule has 9 heteroatoms. The third-order valence-corrected chi connectivity index (χ3v) is 3.81. The highest BCUT2D eigenvalue weighted by Gasteiger charge is 2.14. The molecule has 0 aliphatic heterocycles. The normalized spacial score (nSPS) is 10.5. The van der Waals surface area contributed by atoms with Crippen molar-refractivity contribution in [1.29, 1.82) is 0 Å². The van der Waals surface area contributed by atoms with E-state index in [0.717, 1.165) is 5.56 Å². The molecule has 0 saturated heterocycles. The Bertz CT molecular complexity index is 917. The first kappa shape index (κ1) is 17.7. The molecule has 0 fully saturated rings. The highest BCUT2D eigenvalue weighted by atomic mass is 35.5. The number of nitrogens with one attached hydrogen (secondary N) is 2. The van der Waals surface area contributed by atoms with Crippen molar-refractivity contribution in [3.63, 3.8) is 0 Å². The van der Waals surface area contributed by atoms with Gasteiger partial charge in [-0.1, -0.05) is 16.8 Å². The van der Waals surface area contributed by atoms with Gasteiger partial charge in [-0.3, -0.25) is 20.4 Å². The summed E-state index contributed by atoms with van der Waals surface area (Å²) in [4.78, 5) is 27.9. The molecule has 3 rings (SSSR count). The summed E-state index contributed by atoms with van der Waals surface area (Å²) in [6, 6.07) is 8.53. The molecular formula is C17H15ClN4O4. The molecule has 2 N–H and O–H groups in total. The van der Waals surface area contributed by atoms with E-state index in [1.165, 1.54) is 12.3 Å². The van der Waals surface area contributed by atoms with Crippen molar-refractivity contribution >= 4 is 23.4 Å². The van der Waals surface area contributed by atoms with E-state index in [1.54, 1.807) is 31.2 Å². The van der Waals surface area contributed by atoms with E-state index in [0.29, 0.717) is 28.1 Å². The van der Waals surface area contributed by atoms with Crippen LogP contribution in [-0.4, -0.2) is 22.0 Å². The van der Waals surface area contributed by atoms with E-state index in [2.05, 4.69) is 21.0 Å². The summed E-state index contributed by atoms with van der Waals surface area (Å²) in [6.45, 7) is 1.66. The number of aromatic nitrogens is 2. The second-order valence-electron chi connectivity index (χ2n) is 5.41. The van der Waals surface area contributed by atoms with Gasteiger partial charge in [-0.2, -0.15) is 4.98 Å². The molecule has 2 aromatic heterocycles. The zero-order valence-corrected chi connectivity index (χ0v) is 14.5. The third kappa shape index (κ3) is 4.28. The smallest absolute Gasteiger partial charge is 0.273 e. The number of aryl methyl sites for hydroxylation is 2. The highest BCUT2D eigenvalue weighted by Crippen LogP contribution is 2.18. The molecule has 134 valence electrons. The average molecular weight is 375 g/mol. The molecule has 0 unspecified atom stereocenters. The molecule has 1 aromatic carbocycles. The van der Waals surface area contributed by atoms with Crippen molar-refractivity contribution in [2.24, 2.45) is 0 Å². The number of amides is 2. The van der Waals surface area contributed by atoms with Crippen LogP contribution in [0.4, 0.5) is 0 Å². The molecule has 26 heavy (non-hydrogen) atoms. The van der Waals surface area contributed by atoms with E-state index < -0.39 is 5.91 Å². The molecule has 0 saturated carbocycles. The summed E-state index contributed by atoms with van der Waals surface area (Å²) in [5, 5.41) is 4.48. The number of carbonyl (C=O) groups is 2. The lowest BCUT2D eigenvalue weighted by Gasteiger charge is -2.05. The van der Waals surface area contributed by atoms with Gasteiger partial charge in [0.25, 0.3) is 5.91 Å². The van der Waals surface area contributed by atoms with Crippen LogP contribution in [0.2, 0.25) is 5.02 Å². The first-order valence-corrected chi connectivity index (χ1v) is 8.12. The van der Waals surface area contributed by atoms with Gasteiger partial charge >= 0.3 is 0 Å². The maximum absolute atomic E-state index is 11.9. The van der Waals surface area contributed by atoms with Crippen LogP contribution in [0, 0.1) is 6.92 Å². The van der Waals surface area contributed by atoms with Gasteiger partial charge in [-0.15, -0.1) is 0 Å². The monoisotopic (exact) mass is 374 g/mol. The number of nitrogens with zero attached hydrogens (tertiary/aromatic N) is 2. The maximum Gasteiger partial charge on any atom is 0.273 e. The van der Waals surface area contributed by atoms with Gasteiger partial charge in [0.2, 0.25) is 17.6 Å². The lowest BCUT2D eigenvalue weighted by Crippen LogP contribution is -2.41. The average Bonchev–Trinajstić information content (AvgIpc) is 3.27. The van der Waals surface area contributed by atoms with Gasteiger partial charge in [0.1, 0.15) is 5.76 Å². The summed E-state index contributed by atoms with van der Waals surface area (Å²) >= 11 is 5.84. The zero-order chi connectivity index (χ0) is 18.5. The molecule has 2 amide bonds. The van der Waals surface area contributed by atoms with Crippen molar-refractivity contribution in [1.82, 2.24) is 21.0 Å². The largest absolute Gasteiger partial charge is 0.469 e. The van der Waals surface area contributed by atoms with E-state index in [4.69, 9.17) is 20.5 Å². The standard InChI is InChI=1S/C17H15ClN4O4/c1-10-13(8-9-25-10)17(24)21-20-14(23)6-7-15-19-16(22-26-15)11-2-4-12(18)5-3-11/h2-5,8-9H,6-7H2,1H3,(H,20,23)(H,21,24). The summed E-state index contributed by atoms with van der Waals surface area (Å²) in [5.74, 6) is 0.374. The molecule has 0 aliphatic carbocycles. The Morgan fingerprint density at radius 3 is 2.62 bits per heavy atom. The summed E-state index contributed by atoms with van der Waals surface area (Å²) in [5.41, 5.74) is 5.77. The lowest BCUT2D eigenvalue weighted by atomic mass is 10.2. The zero-order valence-electron chi connectivity index (χ0n) is 13.8. The van der Waals surface area contributed by atoms with Crippen molar-refractivity contribution < 1.29 is 18.5 Å². The minimum absolute atomic E-state index is 0.0763. The van der Waals surface area contributed by atoms with Crippen LogP contribution < -0.4 is 10.9 Å². The Morgan fingerprint density at radius 2 is 1.92 bits per heavy atom. The Balaban J connectivity index is 1.48. The van der Waals surface area contributed by atoms with Crippen LogP contribution in [0.25, 0.3) is 11.4 Å². The summed E-state index contributed by atoms with van der Waals surface area (Å²) in [6.07, 6.45) is 1.72. The van der Waals surface area contributed by atoms with E-state index in [9.17, 15) is 9.59 Å². The minimum atomic E-state index is -0.451. The van der Waals surface area contributed by atoms with Gasteiger partial charge in [0.15, 0.2) is 0 Å². The van der Waals surface area contributed by atoms with Crippen LogP contribution in [0.3, 0.4) is 0 Å². The number of hydrogen-bond donors (Lipinski definition) is 2. The van der Waals surface area contributed by atoms with Gasteiger partial charge < -0.3 is 8.94 Å². The van der Waals surface area contributed by atoms with E-state index in [-0.39, 0.29) is 18.7 Å². The SMILES string of the molecule is Cc1occc1C(=O)NNC(=O)CCc1nc(-c2ccc(Cl)cc2)no1. The molecular weight excluding hydrogens is 360 g/mol. The predicted octanol–water partition coefficient (Wildman–Crippen LogP) is 2.69. The third-order valence-electron chi connectivity index (χ3n) is 3.56. The van der Waals surface area contributed by atoms with E-state index >= 15 is 0 Å². The number of furan rings is 1. The van der Waals surface area contributed by atoms with Crippen LogP contribution in [0.5, 0.6) is 0 Å². The second kappa shape index (κ2) is 7.83. The van der Waals surface area contributed by atoms with Crippen molar-refractivity contribution in [2.75, 3.05) is 0 Å². The number of carbonyl (C=O) groups excluding carboxylic acids is 2. The Kier molecular flexibility index (Phi) is 5.33. The number of halogens is 1. The van der Waals surface area contributed by atoms with Crippen molar-refractivity contribution in [3.05, 3.63) is 58.8 Å². The number of rotatable bonds is 5. The van der Waals surface area contributed by atoms with Crippen molar-refractivity contribution in [3.8, 4) is 11.4 Å².